The lowest BCUT2D eigenvalue weighted by molar-refractivity contribution is 0.361. The van der Waals surface area contributed by atoms with E-state index in [2.05, 4.69) is 50.1 Å². The van der Waals surface area contributed by atoms with Crippen LogP contribution in [-0.4, -0.2) is 22.6 Å². The van der Waals surface area contributed by atoms with Crippen LogP contribution in [0.15, 0.2) is 10.8 Å². The van der Waals surface area contributed by atoms with Crippen LogP contribution >= 0.6 is 15.9 Å². The van der Waals surface area contributed by atoms with Crippen LogP contribution in [0.2, 0.25) is 0 Å². The van der Waals surface area contributed by atoms with Crippen LogP contribution < -0.4 is 16.2 Å². The molecule has 0 spiro atoms. The van der Waals surface area contributed by atoms with Crippen LogP contribution in [0.25, 0.3) is 0 Å². The van der Waals surface area contributed by atoms with Crippen LogP contribution in [0.4, 0.5) is 11.6 Å². The van der Waals surface area contributed by atoms with Gasteiger partial charge in [-0.3, -0.25) is 0 Å². The molecule has 1 aliphatic heterocycles. The van der Waals surface area contributed by atoms with Gasteiger partial charge in [0.05, 0.1) is 0 Å². The van der Waals surface area contributed by atoms with Gasteiger partial charge in [-0.1, -0.05) is 6.92 Å². The third-order valence-corrected chi connectivity index (χ3v) is 4.28. The minimum absolute atomic E-state index is 0.487. The molecule has 17 heavy (non-hydrogen) atoms. The molecule has 0 amide bonds. The standard InChI is InChI=1S/C11H18BrN5/c1-7-4-3-5-17(8(7)2)11-9(12)10(16-13)14-6-15-11/h6-8H,3-5,13H2,1-2H3,(H,14,15,16). The molecule has 5 nitrogen and oxygen atoms in total. The van der Waals surface area contributed by atoms with Crippen molar-refractivity contribution in [3.8, 4) is 0 Å². The van der Waals surface area contributed by atoms with E-state index in [1.807, 2.05) is 0 Å². The van der Waals surface area contributed by atoms with Crippen LogP contribution in [0, 0.1) is 5.92 Å². The predicted molar refractivity (Wildman–Crippen MR) is 72.7 cm³/mol. The highest BCUT2D eigenvalue weighted by Gasteiger charge is 2.27. The van der Waals surface area contributed by atoms with Crippen molar-refractivity contribution in [1.29, 1.82) is 0 Å². The number of nitrogens with zero attached hydrogens (tertiary/aromatic N) is 3. The Balaban J connectivity index is 2.33. The first kappa shape index (κ1) is 12.6. The van der Waals surface area contributed by atoms with E-state index in [1.165, 1.54) is 12.8 Å². The van der Waals surface area contributed by atoms with Gasteiger partial charge in [0.1, 0.15) is 16.6 Å². The summed E-state index contributed by atoms with van der Waals surface area (Å²) in [4.78, 5) is 10.8. The van der Waals surface area contributed by atoms with Crippen molar-refractivity contribution in [1.82, 2.24) is 9.97 Å². The van der Waals surface area contributed by atoms with Crippen LogP contribution in [0.1, 0.15) is 26.7 Å². The second kappa shape index (κ2) is 5.18. The molecule has 1 fully saturated rings. The van der Waals surface area contributed by atoms with Crippen LogP contribution in [0.3, 0.4) is 0 Å². The summed E-state index contributed by atoms with van der Waals surface area (Å²) in [6.45, 7) is 5.56. The summed E-state index contributed by atoms with van der Waals surface area (Å²) in [5.74, 6) is 7.65. The van der Waals surface area contributed by atoms with Crippen molar-refractivity contribution in [3.05, 3.63) is 10.8 Å². The highest BCUT2D eigenvalue weighted by Crippen LogP contribution is 2.34. The Hall–Kier alpha value is -0.880. The number of nitrogens with one attached hydrogen (secondary N) is 1. The van der Waals surface area contributed by atoms with E-state index < -0.39 is 0 Å². The number of hydrogen-bond acceptors (Lipinski definition) is 5. The number of hydrazine groups is 1. The Morgan fingerprint density at radius 1 is 1.47 bits per heavy atom. The van der Waals surface area contributed by atoms with E-state index in [9.17, 15) is 0 Å². The molecule has 0 aromatic carbocycles. The summed E-state index contributed by atoms with van der Waals surface area (Å²) < 4.78 is 0.837. The molecule has 1 aromatic heterocycles. The molecule has 2 unspecified atom stereocenters. The zero-order valence-electron chi connectivity index (χ0n) is 10.2. The van der Waals surface area contributed by atoms with Gasteiger partial charge in [0.25, 0.3) is 0 Å². The van der Waals surface area contributed by atoms with Gasteiger partial charge in [-0.2, -0.15) is 0 Å². The predicted octanol–water partition coefficient (Wildman–Crippen LogP) is 2.15. The lowest BCUT2D eigenvalue weighted by Gasteiger charge is -2.39. The van der Waals surface area contributed by atoms with Crippen molar-refractivity contribution in [2.24, 2.45) is 11.8 Å². The second-order valence-electron chi connectivity index (χ2n) is 4.56. The second-order valence-corrected chi connectivity index (χ2v) is 5.35. The fourth-order valence-corrected chi connectivity index (χ4v) is 2.84. The van der Waals surface area contributed by atoms with Gasteiger partial charge in [-0.05, 0) is 41.6 Å². The Morgan fingerprint density at radius 2 is 2.24 bits per heavy atom. The molecule has 0 bridgehead atoms. The quantitative estimate of drug-likeness (QED) is 0.647. The normalized spacial score (nSPS) is 24.8. The van der Waals surface area contributed by atoms with Crippen molar-refractivity contribution in [3.63, 3.8) is 0 Å². The molecular formula is C11H18BrN5. The van der Waals surface area contributed by atoms with E-state index in [1.54, 1.807) is 6.33 Å². The monoisotopic (exact) mass is 299 g/mol. The topological polar surface area (TPSA) is 67.1 Å². The number of nitrogen functional groups attached to an aromatic ring is 1. The number of halogens is 1. The zero-order chi connectivity index (χ0) is 12.4. The Labute approximate surface area is 110 Å². The fraction of sp³-hybridized carbons (Fsp3) is 0.636. The van der Waals surface area contributed by atoms with E-state index in [-0.39, 0.29) is 0 Å². The molecule has 2 atom stereocenters. The van der Waals surface area contributed by atoms with Crippen molar-refractivity contribution in [2.75, 3.05) is 16.9 Å². The van der Waals surface area contributed by atoms with E-state index in [4.69, 9.17) is 5.84 Å². The summed E-state index contributed by atoms with van der Waals surface area (Å²) in [7, 11) is 0. The maximum atomic E-state index is 5.42. The Bertz CT molecular complexity index is 397. The molecule has 2 rings (SSSR count). The molecule has 1 aliphatic rings. The van der Waals surface area contributed by atoms with Gasteiger partial charge in [-0.25, -0.2) is 15.8 Å². The van der Waals surface area contributed by atoms with Crippen molar-refractivity contribution >= 4 is 27.6 Å². The van der Waals surface area contributed by atoms with E-state index >= 15 is 0 Å². The lowest BCUT2D eigenvalue weighted by atomic mass is 9.92. The average Bonchev–Trinajstić information content (AvgIpc) is 2.33. The molecule has 3 N–H and O–H groups in total. The number of hydrogen-bond donors (Lipinski definition) is 2. The summed E-state index contributed by atoms with van der Waals surface area (Å²) in [5, 5.41) is 0. The van der Waals surface area contributed by atoms with Crippen molar-refractivity contribution < 1.29 is 0 Å². The molecule has 0 saturated carbocycles. The van der Waals surface area contributed by atoms with Gasteiger partial charge >= 0.3 is 0 Å². The Kier molecular flexibility index (Phi) is 3.83. The van der Waals surface area contributed by atoms with Crippen molar-refractivity contribution in [2.45, 2.75) is 32.7 Å². The molecule has 94 valence electrons. The molecule has 1 aromatic rings. The van der Waals surface area contributed by atoms with Crippen LogP contribution in [0.5, 0.6) is 0 Å². The summed E-state index contributed by atoms with van der Waals surface area (Å²) >= 11 is 3.52. The smallest absolute Gasteiger partial charge is 0.159 e. The number of anilines is 2. The fourth-order valence-electron chi connectivity index (χ4n) is 2.30. The van der Waals surface area contributed by atoms with Crippen LogP contribution in [-0.2, 0) is 0 Å². The SMILES string of the molecule is CC1CCCN(c2ncnc(NN)c2Br)C1C. The van der Waals surface area contributed by atoms with E-state index in [0.29, 0.717) is 17.8 Å². The highest BCUT2D eigenvalue weighted by atomic mass is 79.9. The number of nitrogens with two attached hydrogens (primary N) is 1. The minimum Gasteiger partial charge on any atom is -0.353 e. The van der Waals surface area contributed by atoms with Gasteiger partial charge in [-0.15, -0.1) is 0 Å². The zero-order valence-corrected chi connectivity index (χ0v) is 11.7. The maximum absolute atomic E-state index is 5.42. The number of rotatable bonds is 2. The Morgan fingerprint density at radius 3 is 2.94 bits per heavy atom. The third-order valence-electron chi connectivity index (χ3n) is 3.55. The molecule has 0 aliphatic carbocycles. The minimum atomic E-state index is 0.487. The summed E-state index contributed by atoms with van der Waals surface area (Å²) in [6.07, 6.45) is 4.02. The van der Waals surface area contributed by atoms with Gasteiger partial charge < -0.3 is 10.3 Å². The summed E-state index contributed by atoms with van der Waals surface area (Å²) in [6, 6.07) is 0.487. The maximum Gasteiger partial charge on any atom is 0.159 e. The van der Waals surface area contributed by atoms with Gasteiger partial charge in [0, 0.05) is 12.6 Å². The first-order valence-electron chi connectivity index (χ1n) is 5.89. The molecule has 6 heteroatoms. The molecule has 1 saturated heterocycles. The summed E-state index contributed by atoms with van der Waals surface area (Å²) in [5.41, 5.74) is 2.58. The number of aromatic nitrogens is 2. The number of piperidine rings is 1. The third kappa shape index (κ3) is 2.37. The highest BCUT2D eigenvalue weighted by molar-refractivity contribution is 9.10. The first-order chi connectivity index (χ1) is 8.15. The average molecular weight is 300 g/mol. The van der Waals surface area contributed by atoms with E-state index in [0.717, 1.165) is 16.8 Å². The molecule has 0 radical (unpaired) electrons. The lowest BCUT2D eigenvalue weighted by Crippen LogP contribution is -2.43. The largest absolute Gasteiger partial charge is 0.353 e. The van der Waals surface area contributed by atoms with Gasteiger partial charge in [0.2, 0.25) is 0 Å². The molecular weight excluding hydrogens is 282 g/mol. The first-order valence-corrected chi connectivity index (χ1v) is 6.68. The van der Waals surface area contributed by atoms with Gasteiger partial charge in [0.15, 0.2) is 5.82 Å². The molecule has 2 heterocycles.